The minimum atomic E-state index is -0.289. The summed E-state index contributed by atoms with van der Waals surface area (Å²) < 4.78 is 23.2. The Labute approximate surface area is 224 Å². The summed E-state index contributed by atoms with van der Waals surface area (Å²) >= 11 is 0. The largest absolute Gasteiger partial charge is 0.477 e. The smallest absolute Gasteiger partial charge is 0.410 e. The molecule has 38 heavy (non-hydrogen) atoms. The van der Waals surface area contributed by atoms with Crippen LogP contribution < -0.4 is 9.47 Å². The first kappa shape index (κ1) is 27.3. The number of carbonyl (C=O) groups excluding carboxylic acids is 1. The van der Waals surface area contributed by atoms with E-state index in [1.54, 1.807) is 6.20 Å². The fraction of sp³-hybridized carbons (Fsp3) is 0.448. The zero-order chi connectivity index (χ0) is 26.7. The van der Waals surface area contributed by atoms with Crippen molar-refractivity contribution in [3.8, 4) is 17.5 Å². The highest BCUT2D eigenvalue weighted by Gasteiger charge is 2.36. The van der Waals surface area contributed by atoms with Gasteiger partial charge >= 0.3 is 6.09 Å². The predicted octanol–water partition coefficient (Wildman–Crippen LogP) is 5.65. The van der Waals surface area contributed by atoms with Crippen LogP contribution in [0.25, 0.3) is 0 Å². The molecule has 2 aromatic heterocycles. The van der Waals surface area contributed by atoms with Gasteiger partial charge in [0.1, 0.15) is 12.9 Å². The lowest BCUT2D eigenvalue weighted by Crippen LogP contribution is -2.42. The van der Waals surface area contributed by atoms with E-state index < -0.39 is 0 Å². The number of nitrogens with zero attached hydrogens (tertiary/aromatic N) is 4. The van der Waals surface area contributed by atoms with E-state index in [2.05, 4.69) is 21.9 Å². The van der Waals surface area contributed by atoms with E-state index in [9.17, 15) is 4.79 Å². The van der Waals surface area contributed by atoms with Crippen LogP contribution in [-0.2, 0) is 16.1 Å². The zero-order valence-corrected chi connectivity index (χ0v) is 22.3. The Kier molecular flexibility index (Phi) is 9.86. The molecular weight excluding hydrogens is 484 g/mol. The van der Waals surface area contributed by atoms with Gasteiger partial charge in [-0.05, 0) is 50.8 Å². The van der Waals surface area contributed by atoms with Crippen molar-refractivity contribution < 1.29 is 23.7 Å². The molecule has 1 amide bonds. The molecule has 3 heterocycles. The molecule has 2 unspecified atom stereocenters. The fourth-order valence-corrected chi connectivity index (χ4v) is 4.61. The molecular formula is C29H36N4O5. The summed E-state index contributed by atoms with van der Waals surface area (Å²) in [5.74, 6) is 1.53. The van der Waals surface area contributed by atoms with Crippen molar-refractivity contribution in [2.45, 2.75) is 65.1 Å². The maximum absolute atomic E-state index is 13.0. The van der Waals surface area contributed by atoms with Gasteiger partial charge in [-0.2, -0.15) is 0 Å². The van der Waals surface area contributed by atoms with Crippen LogP contribution in [0.15, 0.2) is 55.0 Å². The van der Waals surface area contributed by atoms with Crippen molar-refractivity contribution >= 4 is 6.09 Å². The molecule has 3 aromatic rings. The summed E-state index contributed by atoms with van der Waals surface area (Å²) in [4.78, 5) is 27.6. The van der Waals surface area contributed by atoms with Crippen LogP contribution in [0.1, 0.15) is 49.4 Å². The Morgan fingerprint density at radius 2 is 1.74 bits per heavy atom. The minimum Gasteiger partial charge on any atom is -0.477 e. The molecule has 1 aromatic carbocycles. The average molecular weight is 521 g/mol. The number of amides is 1. The first-order valence-electron chi connectivity index (χ1n) is 13.2. The number of ether oxygens (including phenoxy) is 4. The number of aromatic nitrogens is 3. The lowest BCUT2D eigenvalue weighted by molar-refractivity contribution is 0.0389. The van der Waals surface area contributed by atoms with Crippen LogP contribution in [0, 0.1) is 13.8 Å². The van der Waals surface area contributed by atoms with E-state index in [1.165, 1.54) is 6.33 Å². The maximum atomic E-state index is 13.0. The summed E-state index contributed by atoms with van der Waals surface area (Å²) in [7, 11) is 0. The first-order chi connectivity index (χ1) is 18.6. The van der Waals surface area contributed by atoms with E-state index in [0.717, 1.165) is 30.5 Å². The Hall–Kier alpha value is -3.72. The van der Waals surface area contributed by atoms with Crippen molar-refractivity contribution in [1.29, 1.82) is 0 Å². The highest BCUT2D eigenvalue weighted by molar-refractivity contribution is 5.69. The highest BCUT2D eigenvalue weighted by Crippen LogP contribution is 2.31. The summed E-state index contributed by atoms with van der Waals surface area (Å²) in [6.45, 7) is 7.33. The number of rotatable bonds is 12. The molecule has 9 nitrogen and oxygen atoms in total. The number of benzene rings is 1. The van der Waals surface area contributed by atoms with Gasteiger partial charge in [0, 0.05) is 24.7 Å². The van der Waals surface area contributed by atoms with E-state index in [0.29, 0.717) is 49.3 Å². The highest BCUT2D eigenvalue weighted by atomic mass is 16.6. The topological polar surface area (TPSA) is 95.9 Å². The van der Waals surface area contributed by atoms with Gasteiger partial charge in [-0.15, -0.1) is 0 Å². The lowest BCUT2D eigenvalue weighted by atomic mass is 10.1. The van der Waals surface area contributed by atoms with Gasteiger partial charge in [0.05, 0.1) is 31.1 Å². The van der Waals surface area contributed by atoms with E-state index in [1.807, 2.05) is 61.2 Å². The molecule has 0 bridgehead atoms. The van der Waals surface area contributed by atoms with Crippen molar-refractivity contribution in [3.63, 3.8) is 0 Å². The summed E-state index contributed by atoms with van der Waals surface area (Å²) in [5, 5.41) is 0. The number of carbonyl (C=O) groups is 1. The van der Waals surface area contributed by atoms with Crippen LogP contribution in [0.4, 0.5) is 4.79 Å². The van der Waals surface area contributed by atoms with Gasteiger partial charge in [0.15, 0.2) is 5.75 Å². The predicted molar refractivity (Wildman–Crippen MR) is 142 cm³/mol. The summed E-state index contributed by atoms with van der Waals surface area (Å²) in [5.41, 5.74) is 2.57. The molecule has 1 fully saturated rings. The van der Waals surface area contributed by atoms with Gasteiger partial charge in [0.2, 0.25) is 11.8 Å². The van der Waals surface area contributed by atoms with Crippen molar-refractivity contribution in [3.05, 3.63) is 71.8 Å². The molecule has 0 saturated carbocycles. The lowest BCUT2D eigenvalue weighted by Gasteiger charge is -2.29. The molecule has 1 aliphatic rings. The normalized spacial score (nSPS) is 16.9. The second-order valence-electron chi connectivity index (χ2n) is 9.29. The molecule has 0 radical (unpaired) electrons. The summed E-state index contributed by atoms with van der Waals surface area (Å²) in [6, 6.07) is 13.8. The number of hydrogen-bond acceptors (Lipinski definition) is 8. The van der Waals surface area contributed by atoms with Crippen molar-refractivity contribution in [2.24, 2.45) is 0 Å². The van der Waals surface area contributed by atoms with Gasteiger partial charge in [-0.1, -0.05) is 37.3 Å². The van der Waals surface area contributed by atoms with Crippen LogP contribution in [0.5, 0.6) is 17.5 Å². The number of likely N-dealkylation sites (tertiary alicyclic amines) is 1. The SMILES string of the molecule is CCC1CCC(CCOc2ncnc(Oc3cccnc3C)c2C)N1C(=O)OCCOCc1ccccc1. The van der Waals surface area contributed by atoms with Gasteiger partial charge in [0.25, 0.3) is 0 Å². The molecule has 2 atom stereocenters. The van der Waals surface area contributed by atoms with E-state index >= 15 is 0 Å². The molecule has 1 saturated heterocycles. The second-order valence-corrected chi connectivity index (χ2v) is 9.29. The summed E-state index contributed by atoms with van der Waals surface area (Å²) in [6.07, 6.45) is 6.29. The molecule has 1 aliphatic heterocycles. The average Bonchev–Trinajstić information content (AvgIpc) is 3.35. The van der Waals surface area contributed by atoms with Gasteiger partial charge in [-0.25, -0.2) is 14.8 Å². The third-order valence-corrected chi connectivity index (χ3v) is 6.71. The number of aryl methyl sites for hydroxylation is 1. The third-order valence-electron chi connectivity index (χ3n) is 6.71. The maximum Gasteiger partial charge on any atom is 0.410 e. The van der Waals surface area contributed by atoms with Crippen LogP contribution in [0.2, 0.25) is 0 Å². The quantitative estimate of drug-likeness (QED) is 0.283. The monoisotopic (exact) mass is 520 g/mol. The second kappa shape index (κ2) is 13.7. The number of hydrogen-bond donors (Lipinski definition) is 0. The van der Waals surface area contributed by atoms with Crippen molar-refractivity contribution in [1.82, 2.24) is 19.9 Å². The van der Waals surface area contributed by atoms with Gasteiger partial charge < -0.3 is 23.8 Å². The number of pyridine rings is 1. The van der Waals surface area contributed by atoms with Crippen LogP contribution in [-0.4, -0.2) is 57.8 Å². The van der Waals surface area contributed by atoms with Crippen molar-refractivity contribution in [2.75, 3.05) is 19.8 Å². The Morgan fingerprint density at radius 1 is 0.947 bits per heavy atom. The first-order valence-corrected chi connectivity index (χ1v) is 13.2. The molecule has 0 N–H and O–H groups in total. The van der Waals surface area contributed by atoms with Crippen LogP contribution >= 0.6 is 0 Å². The molecule has 202 valence electrons. The molecule has 0 aliphatic carbocycles. The fourth-order valence-electron chi connectivity index (χ4n) is 4.61. The Bertz CT molecular complexity index is 1180. The van der Waals surface area contributed by atoms with Gasteiger partial charge in [-0.3, -0.25) is 4.98 Å². The van der Waals surface area contributed by atoms with Crippen LogP contribution in [0.3, 0.4) is 0 Å². The molecule has 4 rings (SSSR count). The Balaban J connectivity index is 1.26. The Morgan fingerprint density at radius 3 is 2.53 bits per heavy atom. The third kappa shape index (κ3) is 7.19. The standard InChI is InChI=1S/C29H36N4O5/c1-4-24-12-13-25(33(24)29(34)37-18-17-35-19-23-9-6-5-7-10-23)14-16-36-27-21(2)28(32-20-31-27)38-26-11-8-15-30-22(26)3/h5-11,15,20,24-25H,4,12-14,16-19H2,1-3H3. The van der Waals surface area contributed by atoms with E-state index in [4.69, 9.17) is 18.9 Å². The zero-order valence-electron chi connectivity index (χ0n) is 22.3. The molecule has 9 heteroatoms. The van der Waals surface area contributed by atoms with E-state index in [-0.39, 0.29) is 24.8 Å². The minimum absolute atomic E-state index is 0.0496. The molecule has 0 spiro atoms.